The largest absolute Gasteiger partial charge is 0.376 e. The van der Waals surface area contributed by atoms with Gasteiger partial charge in [0.25, 0.3) is 0 Å². The van der Waals surface area contributed by atoms with Crippen molar-refractivity contribution in [1.29, 1.82) is 5.26 Å². The maximum Gasteiger partial charge on any atom is 0.128 e. The van der Waals surface area contributed by atoms with Crippen LogP contribution in [0.4, 0.5) is 4.39 Å². The van der Waals surface area contributed by atoms with E-state index in [2.05, 4.69) is 5.32 Å². The molecule has 0 radical (unpaired) electrons. The average molecular weight is 234 g/mol. The Morgan fingerprint density at radius 2 is 2.41 bits per heavy atom. The molecule has 0 spiro atoms. The van der Waals surface area contributed by atoms with Crippen molar-refractivity contribution in [2.75, 3.05) is 19.7 Å². The van der Waals surface area contributed by atoms with Crippen LogP contribution in [0.2, 0.25) is 0 Å². The van der Waals surface area contributed by atoms with E-state index < -0.39 is 0 Å². The number of benzene rings is 1. The normalized spacial score (nSPS) is 19.2. The summed E-state index contributed by atoms with van der Waals surface area (Å²) in [6.07, 6.45) is 1.11. The third kappa shape index (κ3) is 3.26. The average Bonchev–Trinajstić information content (AvgIpc) is 2.84. The minimum absolute atomic E-state index is 0.234. The van der Waals surface area contributed by atoms with E-state index in [0.717, 1.165) is 19.5 Å². The lowest BCUT2D eigenvalue weighted by Gasteiger charge is -2.10. The molecular weight excluding hydrogens is 219 g/mol. The molecule has 90 valence electrons. The molecule has 0 aliphatic carbocycles. The molecule has 0 bridgehead atoms. The summed E-state index contributed by atoms with van der Waals surface area (Å²) in [7, 11) is 0. The first kappa shape index (κ1) is 12.0. The topological polar surface area (TPSA) is 45.0 Å². The summed E-state index contributed by atoms with van der Waals surface area (Å²) in [6, 6.07) is 6.32. The third-order valence-corrected chi connectivity index (χ3v) is 2.95. The van der Waals surface area contributed by atoms with Gasteiger partial charge >= 0.3 is 0 Å². The Bertz CT molecular complexity index is 422. The molecular formula is C13H15FN2O. The quantitative estimate of drug-likeness (QED) is 0.864. The molecule has 1 unspecified atom stereocenters. The van der Waals surface area contributed by atoms with Crippen molar-refractivity contribution in [3.63, 3.8) is 0 Å². The molecule has 1 atom stereocenters. The molecule has 1 aliphatic heterocycles. The molecule has 1 aromatic rings. The second kappa shape index (κ2) is 5.76. The Balaban J connectivity index is 1.87. The molecule has 1 N–H and O–H groups in total. The standard InChI is InChI=1S/C13H15FN2O/c14-13-2-1-10(6-15)5-12(13)9-17-8-11-3-4-16-7-11/h1-2,5,11,16H,3-4,7-9H2. The zero-order valence-corrected chi connectivity index (χ0v) is 9.58. The van der Waals surface area contributed by atoms with Gasteiger partial charge in [0.1, 0.15) is 5.82 Å². The number of nitriles is 1. The lowest BCUT2D eigenvalue weighted by molar-refractivity contribution is 0.0905. The van der Waals surface area contributed by atoms with Gasteiger partial charge in [-0.15, -0.1) is 0 Å². The Hall–Kier alpha value is -1.44. The summed E-state index contributed by atoms with van der Waals surface area (Å²) in [5.74, 6) is 0.214. The van der Waals surface area contributed by atoms with Gasteiger partial charge in [0, 0.05) is 12.1 Å². The molecule has 2 rings (SSSR count). The second-order valence-corrected chi connectivity index (χ2v) is 4.29. The van der Waals surface area contributed by atoms with Crippen molar-refractivity contribution in [2.24, 2.45) is 5.92 Å². The fraction of sp³-hybridized carbons (Fsp3) is 0.462. The van der Waals surface area contributed by atoms with Gasteiger partial charge in [-0.25, -0.2) is 4.39 Å². The number of nitrogens with one attached hydrogen (secondary N) is 1. The van der Waals surface area contributed by atoms with Gasteiger partial charge in [0.15, 0.2) is 0 Å². The fourth-order valence-electron chi connectivity index (χ4n) is 1.95. The molecule has 3 nitrogen and oxygen atoms in total. The van der Waals surface area contributed by atoms with Crippen LogP contribution in [0.1, 0.15) is 17.5 Å². The van der Waals surface area contributed by atoms with E-state index in [1.807, 2.05) is 6.07 Å². The summed E-state index contributed by atoms with van der Waals surface area (Å²) in [5.41, 5.74) is 0.919. The number of hydrogen-bond donors (Lipinski definition) is 1. The smallest absolute Gasteiger partial charge is 0.128 e. The first-order chi connectivity index (χ1) is 8.29. The van der Waals surface area contributed by atoms with Gasteiger partial charge in [-0.2, -0.15) is 5.26 Å². The van der Waals surface area contributed by atoms with Gasteiger partial charge in [0.05, 0.1) is 24.8 Å². The van der Waals surface area contributed by atoms with E-state index in [0.29, 0.717) is 23.7 Å². The van der Waals surface area contributed by atoms with Crippen LogP contribution < -0.4 is 5.32 Å². The molecule has 1 aromatic carbocycles. The maximum atomic E-state index is 13.4. The molecule has 0 aromatic heterocycles. The van der Waals surface area contributed by atoms with Crippen molar-refractivity contribution in [3.05, 3.63) is 35.1 Å². The molecule has 1 aliphatic rings. The van der Waals surface area contributed by atoms with Gasteiger partial charge in [-0.05, 0) is 37.1 Å². The Morgan fingerprint density at radius 3 is 3.12 bits per heavy atom. The highest BCUT2D eigenvalue weighted by Crippen LogP contribution is 2.13. The Labute approximate surface area is 100 Å². The summed E-state index contributed by atoms with van der Waals surface area (Å²) in [6.45, 7) is 2.88. The van der Waals surface area contributed by atoms with Gasteiger partial charge in [-0.3, -0.25) is 0 Å². The van der Waals surface area contributed by atoms with E-state index in [1.165, 1.54) is 12.1 Å². The number of nitrogens with zero attached hydrogens (tertiary/aromatic N) is 1. The highest BCUT2D eigenvalue weighted by atomic mass is 19.1. The van der Waals surface area contributed by atoms with Crippen LogP contribution in [0.5, 0.6) is 0 Å². The van der Waals surface area contributed by atoms with E-state index in [9.17, 15) is 4.39 Å². The van der Waals surface area contributed by atoms with Gasteiger partial charge in [-0.1, -0.05) is 0 Å². The zero-order chi connectivity index (χ0) is 12.1. The summed E-state index contributed by atoms with van der Waals surface area (Å²) >= 11 is 0. The lowest BCUT2D eigenvalue weighted by Crippen LogP contribution is -2.14. The SMILES string of the molecule is N#Cc1ccc(F)c(COCC2CCNC2)c1. The van der Waals surface area contributed by atoms with Gasteiger partial charge < -0.3 is 10.1 Å². The molecule has 1 heterocycles. The third-order valence-electron chi connectivity index (χ3n) is 2.95. The van der Waals surface area contributed by atoms with Crippen LogP contribution >= 0.6 is 0 Å². The monoisotopic (exact) mass is 234 g/mol. The number of halogens is 1. The fourth-order valence-corrected chi connectivity index (χ4v) is 1.95. The minimum atomic E-state index is -0.312. The first-order valence-corrected chi connectivity index (χ1v) is 5.76. The maximum absolute atomic E-state index is 13.4. The zero-order valence-electron chi connectivity index (χ0n) is 9.58. The van der Waals surface area contributed by atoms with Crippen LogP contribution in [0.25, 0.3) is 0 Å². The molecule has 1 fully saturated rings. The van der Waals surface area contributed by atoms with Crippen molar-refractivity contribution in [2.45, 2.75) is 13.0 Å². The summed E-state index contributed by atoms with van der Waals surface area (Å²) in [4.78, 5) is 0. The first-order valence-electron chi connectivity index (χ1n) is 5.76. The predicted octanol–water partition coefficient (Wildman–Crippen LogP) is 1.82. The van der Waals surface area contributed by atoms with Crippen LogP contribution in [0.15, 0.2) is 18.2 Å². The van der Waals surface area contributed by atoms with E-state index in [4.69, 9.17) is 10.00 Å². The number of hydrogen-bond acceptors (Lipinski definition) is 3. The van der Waals surface area contributed by atoms with E-state index in [1.54, 1.807) is 6.07 Å². The van der Waals surface area contributed by atoms with Crippen LogP contribution in [0.3, 0.4) is 0 Å². The molecule has 0 saturated carbocycles. The molecule has 17 heavy (non-hydrogen) atoms. The lowest BCUT2D eigenvalue weighted by atomic mass is 10.1. The predicted molar refractivity (Wildman–Crippen MR) is 61.7 cm³/mol. The van der Waals surface area contributed by atoms with Crippen LogP contribution in [-0.4, -0.2) is 19.7 Å². The summed E-state index contributed by atoms with van der Waals surface area (Å²) < 4.78 is 18.9. The molecule has 4 heteroatoms. The number of ether oxygens (including phenoxy) is 1. The Kier molecular flexibility index (Phi) is 4.08. The summed E-state index contributed by atoms with van der Waals surface area (Å²) in [5, 5.41) is 12.0. The van der Waals surface area contributed by atoms with Crippen LogP contribution in [0, 0.1) is 23.1 Å². The highest BCUT2D eigenvalue weighted by molar-refractivity contribution is 5.33. The molecule has 1 saturated heterocycles. The second-order valence-electron chi connectivity index (χ2n) is 4.29. The van der Waals surface area contributed by atoms with Crippen LogP contribution in [-0.2, 0) is 11.3 Å². The molecule has 0 amide bonds. The van der Waals surface area contributed by atoms with Gasteiger partial charge in [0.2, 0.25) is 0 Å². The van der Waals surface area contributed by atoms with Crippen molar-refractivity contribution in [1.82, 2.24) is 5.32 Å². The van der Waals surface area contributed by atoms with E-state index in [-0.39, 0.29) is 12.4 Å². The van der Waals surface area contributed by atoms with Crippen molar-refractivity contribution >= 4 is 0 Å². The van der Waals surface area contributed by atoms with E-state index >= 15 is 0 Å². The van der Waals surface area contributed by atoms with Crippen molar-refractivity contribution in [3.8, 4) is 6.07 Å². The Morgan fingerprint density at radius 1 is 1.53 bits per heavy atom. The number of rotatable bonds is 4. The highest BCUT2D eigenvalue weighted by Gasteiger charge is 2.14. The minimum Gasteiger partial charge on any atom is -0.376 e. The van der Waals surface area contributed by atoms with Crippen molar-refractivity contribution < 1.29 is 9.13 Å².